The van der Waals surface area contributed by atoms with Crippen LogP contribution in [0.5, 0.6) is 5.75 Å². The fourth-order valence-corrected chi connectivity index (χ4v) is 3.32. The summed E-state index contributed by atoms with van der Waals surface area (Å²) in [6, 6.07) is 9.38. The number of fused-ring (bicyclic) bond motifs is 1. The van der Waals surface area contributed by atoms with Gasteiger partial charge in [0.1, 0.15) is 10.6 Å². The second kappa shape index (κ2) is 7.48. The molecule has 1 amide bonds. The summed E-state index contributed by atoms with van der Waals surface area (Å²) in [7, 11) is 3.37. The summed E-state index contributed by atoms with van der Waals surface area (Å²) in [6.07, 6.45) is 1.76. The van der Waals surface area contributed by atoms with Crippen molar-refractivity contribution in [3.63, 3.8) is 0 Å². The average molecular weight is 357 g/mol. The van der Waals surface area contributed by atoms with E-state index < -0.39 is 0 Å². The molecule has 2 heterocycles. The fraction of sp³-hybridized carbons (Fsp3) is 0.278. The summed E-state index contributed by atoms with van der Waals surface area (Å²) in [6.45, 7) is 0.811. The predicted molar refractivity (Wildman–Crippen MR) is 98.0 cm³/mol. The Labute approximate surface area is 149 Å². The van der Waals surface area contributed by atoms with E-state index in [2.05, 4.69) is 4.98 Å². The van der Waals surface area contributed by atoms with E-state index >= 15 is 0 Å². The molecule has 0 saturated carbocycles. The Bertz CT molecular complexity index is 948. The number of benzene rings is 1. The summed E-state index contributed by atoms with van der Waals surface area (Å²) in [5.74, 6) is 0.736. The van der Waals surface area contributed by atoms with E-state index in [9.17, 15) is 9.59 Å². The molecular weight excluding hydrogens is 338 g/mol. The predicted octanol–water partition coefficient (Wildman–Crippen LogP) is 2.52. The van der Waals surface area contributed by atoms with Crippen molar-refractivity contribution in [1.29, 1.82) is 0 Å². The van der Waals surface area contributed by atoms with E-state index in [0.717, 1.165) is 16.1 Å². The molecule has 0 aliphatic heterocycles. The van der Waals surface area contributed by atoms with Crippen molar-refractivity contribution in [3.8, 4) is 5.75 Å². The van der Waals surface area contributed by atoms with E-state index in [0.29, 0.717) is 18.5 Å². The molecule has 0 atom stereocenters. The Kier molecular flexibility index (Phi) is 5.14. The van der Waals surface area contributed by atoms with Crippen molar-refractivity contribution in [3.05, 3.63) is 58.0 Å². The number of methoxy groups -OCH3 is 1. The molecule has 0 N–H and O–H groups in total. The number of amides is 1. The van der Waals surface area contributed by atoms with Crippen molar-refractivity contribution in [1.82, 2.24) is 14.5 Å². The second-order valence-corrected chi connectivity index (χ2v) is 6.63. The number of ether oxygens (including phenoxy) is 1. The van der Waals surface area contributed by atoms with Crippen molar-refractivity contribution in [2.45, 2.75) is 19.5 Å². The van der Waals surface area contributed by atoms with Gasteiger partial charge in [0.25, 0.3) is 5.56 Å². The van der Waals surface area contributed by atoms with Crippen LogP contribution in [0.15, 0.2) is 46.8 Å². The lowest BCUT2D eigenvalue weighted by molar-refractivity contribution is -0.130. The van der Waals surface area contributed by atoms with E-state index in [4.69, 9.17) is 4.74 Å². The summed E-state index contributed by atoms with van der Waals surface area (Å²) < 4.78 is 6.69. The molecule has 25 heavy (non-hydrogen) atoms. The van der Waals surface area contributed by atoms with Gasteiger partial charge in [-0.3, -0.25) is 14.2 Å². The van der Waals surface area contributed by atoms with Crippen molar-refractivity contribution >= 4 is 27.5 Å². The molecule has 3 rings (SSSR count). The first-order chi connectivity index (χ1) is 12.1. The van der Waals surface area contributed by atoms with Gasteiger partial charge >= 0.3 is 0 Å². The van der Waals surface area contributed by atoms with Crippen molar-refractivity contribution < 1.29 is 9.53 Å². The van der Waals surface area contributed by atoms with Gasteiger partial charge in [0.2, 0.25) is 5.91 Å². The van der Waals surface area contributed by atoms with E-state index in [1.807, 2.05) is 29.6 Å². The quantitative estimate of drug-likeness (QED) is 0.680. The minimum Gasteiger partial charge on any atom is -0.497 e. The summed E-state index contributed by atoms with van der Waals surface area (Å²) in [4.78, 5) is 31.3. The molecule has 6 nitrogen and oxygen atoms in total. The van der Waals surface area contributed by atoms with Crippen LogP contribution in [-0.4, -0.2) is 34.5 Å². The molecule has 1 aromatic carbocycles. The van der Waals surface area contributed by atoms with Crippen LogP contribution >= 0.6 is 11.3 Å². The summed E-state index contributed by atoms with van der Waals surface area (Å²) in [5.41, 5.74) is 0.892. The number of thiophene rings is 1. The summed E-state index contributed by atoms with van der Waals surface area (Å²) >= 11 is 1.43. The van der Waals surface area contributed by atoms with Gasteiger partial charge in [0, 0.05) is 26.6 Å². The number of hydrogen-bond donors (Lipinski definition) is 0. The monoisotopic (exact) mass is 357 g/mol. The van der Waals surface area contributed by atoms with Gasteiger partial charge in [0.05, 0.1) is 18.8 Å². The molecule has 0 bridgehead atoms. The van der Waals surface area contributed by atoms with Crippen LogP contribution in [0.2, 0.25) is 0 Å². The Balaban J connectivity index is 1.62. The second-order valence-electron chi connectivity index (χ2n) is 5.73. The van der Waals surface area contributed by atoms with Crippen LogP contribution in [0.25, 0.3) is 10.2 Å². The molecule has 130 valence electrons. The number of hydrogen-bond acceptors (Lipinski definition) is 5. The van der Waals surface area contributed by atoms with Gasteiger partial charge in [-0.05, 0) is 29.1 Å². The lowest BCUT2D eigenvalue weighted by Crippen LogP contribution is -2.29. The van der Waals surface area contributed by atoms with Crippen LogP contribution in [0, 0.1) is 0 Å². The SMILES string of the molecule is COc1cccc(CN(C)C(=O)CCn2cnc3sccc3c2=O)c1. The highest BCUT2D eigenvalue weighted by atomic mass is 32.1. The molecule has 0 saturated heterocycles. The Morgan fingerprint density at radius 1 is 1.36 bits per heavy atom. The van der Waals surface area contributed by atoms with Crippen molar-refractivity contribution in [2.75, 3.05) is 14.2 Å². The normalized spacial score (nSPS) is 10.8. The van der Waals surface area contributed by atoms with E-state index in [1.54, 1.807) is 25.1 Å². The zero-order valence-electron chi connectivity index (χ0n) is 14.1. The van der Waals surface area contributed by atoms with Crippen LogP contribution in [0.4, 0.5) is 0 Å². The highest BCUT2D eigenvalue weighted by molar-refractivity contribution is 7.16. The van der Waals surface area contributed by atoms with Gasteiger partial charge in [-0.1, -0.05) is 12.1 Å². The zero-order valence-corrected chi connectivity index (χ0v) is 15.0. The number of carbonyl (C=O) groups excluding carboxylic acids is 1. The first-order valence-electron chi connectivity index (χ1n) is 7.88. The maximum atomic E-state index is 12.4. The average Bonchev–Trinajstić information content (AvgIpc) is 3.10. The van der Waals surface area contributed by atoms with Crippen LogP contribution in [-0.2, 0) is 17.9 Å². The van der Waals surface area contributed by atoms with Gasteiger partial charge in [-0.15, -0.1) is 11.3 Å². The van der Waals surface area contributed by atoms with Gasteiger partial charge in [-0.2, -0.15) is 0 Å². The van der Waals surface area contributed by atoms with E-state index in [1.165, 1.54) is 22.2 Å². The lowest BCUT2D eigenvalue weighted by Gasteiger charge is -2.18. The number of aryl methyl sites for hydroxylation is 1. The van der Waals surface area contributed by atoms with Gasteiger partial charge < -0.3 is 9.64 Å². The van der Waals surface area contributed by atoms with Crippen LogP contribution in [0.3, 0.4) is 0 Å². The van der Waals surface area contributed by atoms with Crippen molar-refractivity contribution in [2.24, 2.45) is 0 Å². The highest BCUT2D eigenvalue weighted by Crippen LogP contribution is 2.15. The molecular formula is C18H19N3O3S. The molecule has 0 fully saturated rings. The highest BCUT2D eigenvalue weighted by Gasteiger charge is 2.11. The van der Waals surface area contributed by atoms with Crippen LogP contribution in [0.1, 0.15) is 12.0 Å². The van der Waals surface area contributed by atoms with Gasteiger partial charge in [-0.25, -0.2) is 4.98 Å². The maximum Gasteiger partial charge on any atom is 0.262 e. The third-order valence-corrected chi connectivity index (χ3v) is 4.82. The zero-order chi connectivity index (χ0) is 17.8. The Morgan fingerprint density at radius 3 is 3.00 bits per heavy atom. The Hall–Kier alpha value is -2.67. The first kappa shape index (κ1) is 17.2. The third kappa shape index (κ3) is 3.88. The van der Waals surface area contributed by atoms with Crippen LogP contribution < -0.4 is 10.3 Å². The maximum absolute atomic E-state index is 12.4. The molecule has 0 unspecified atom stereocenters. The minimum absolute atomic E-state index is 0.0277. The number of carbonyl (C=O) groups is 1. The molecule has 0 aliphatic carbocycles. The Morgan fingerprint density at radius 2 is 2.20 bits per heavy atom. The first-order valence-corrected chi connectivity index (χ1v) is 8.76. The minimum atomic E-state index is -0.102. The number of rotatable bonds is 6. The number of nitrogens with zero attached hydrogens (tertiary/aromatic N) is 3. The smallest absolute Gasteiger partial charge is 0.262 e. The molecule has 2 aromatic heterocycles. The standard InChI is InChI=1S/C18H19N3O3S/c1-20(11-13-4-3-5-14(10-13)24-2)16(22)6-8-21-12-19-17-15(18(21)23)7-9-25-17/h3-5,7,9-10,12H,6,8,11H2,1-2H3. The molecule has 0 radical (unpaired) electrons. The molecule has 0 aliphatic rings. The summed E-state index contributed by atoms with van der Waals surface area (Å²) in [5, 5.41) is 2.45. The number of aromatic nitrogens is 2. The molecule has 0 spiro atoms. The van der Waals surface area contributed by atoms with Gasteiger partial charge in [0.15, 0.2) is 0 Å². The topological polar surface area (TPSA) is 64.4 Å². The van der Waals surface area contributed by atoms with E-state index in [-0.39, 0.29) is 17.9 Å². The third-order valence-electron chi connectivity index (χ3n) is 4.00. The fourth-order valence-electron chi connectivity index (χ4n) is 2.59. The largest absolute Gasteiger partial charge is 0.497 e. The lowest BCUT2D eigenvalue weighted by atomic mass is 10.2. The molecule has 3 aromatic rings. The molecule has 7 heteroatoms.